The van der Waals surface area contributed by atoms with E-state index >= 15 is 0 Å². The molecule has 3 aromatic rings. The molecule has 0 saturated carbocycles. The van der Waals surface area contributed by atoms with E-state index in [4.69, 9.17) is 14.2 Å². The highest BCUT2D eigenvalue weighted by Gasteiger charge is 2.01. The molecule has 3 rings (SSSR count). The summed E-state index contributed by atoms with van der Waals surface area (Å²) in [6.07, 6.45) is 9.96. The molecule has 0 saturated heterocycles. The SMILES string of the molecule is CC.COC(=O)CCCCCOc1ccccc1.COC(=O)CCCCCOc1ccccc1.COC(=O)CCCCCOc1ccccc1. The average Bonchev–Trinajstić information content (AvgIpc) is 3.18. The zero-order valence-corrected chi connectivity index (χ0v) is 30.9. The molecule has 0 unspecified atom stereocenters. The molecule has 0 aromatic heterocycles. The lowest BCUT2D eigenvalue weighted by molar-refractivity contribution is -0.141. The molecule has 0 bridgehead atoms. The fourth-order valence-electron chi connectivity index (χ4n) is 4.07. The molecule has 0 aliphatic heterocycles. The largest absolute Gasteiger partial charge is 0.494 e. The molecule has 0 atom stereocenters. The van der Waals surface area contributed by atoms with Crippen LogP contribution in [0.15, 0.2) is 91.0 Å². The van der Waals surface area contributed by atoms with Crippen LogP contribution in [0.1, 0.15) is 90.9 Å². The molecule has 0 spiro atoms. The van der Waals surface area contributed by atoms with E-state index in [-0.39, 0.29) is 17.9 Å². The van der Waals surface area contributed by atoms with Crippen LogP contribution >= 0.6 is 0 Å². The summed E-state index contributed by atoms with van der Waals surface area (Å²) in [5.41, 5.74) is 0. The number of hydrogen-bond donors (Lipinski definition) is 0. The predicted octanol–water partition coefficient (Wildman–Crippen LogP) is 9.42. The maximum absolute atomic E-state index is 10.8. The second-order valence-corrected chi connectivity index (χ2v) is 10.6. The normalized spacial score (nSPS) is 9.54. The Hall–Kier alpha value is -4.53. The second kappa shape index (κ2) is 34.3. The summed E-state index contributed by atoms with van der Waals surface area (Å²) in [5.74, 6) is 2.29. The van der Waals surface area contributed by atoms with Crippen LogP contribution in [0.5, 0.6) is 17.2 Å². The first kappa shape index (κ1) is 45.5. The molecule has 3 aromatic carbocycles. The number of para-hydroxylation sites is 3. The van der Waals surface area contributed by atoms with Gasteiger partial charge in [0.05, 0.1) is 41.2 Å². The molecule has 50 heavy (non-hydrogen) atoms. The van der Waals surface area contributed by atoms with E-state index in [0.29, 0.717) is 39.1 Å². The zero-order chi connectivity index (χ0) is 36.9. The first-order valence-corrected chi connectivity index (χ1v) is 17.7. The monoisotopic (exact) mass is 696 g/mol. The third kappa shape index (κ3) is 28.5. The number of carbonyl (C=O) groups is 3. The van der Waals surface area contributed by atoms with Crippen molar-refractivity contribution in [1.29, 1.82) is 0 Å². The minimum atomic E-state index is -0.135. The Morgan fingerprint density at radius 3 is 0.840 bits per heavy atom. The summed E-state index contributed by atoms with van der Waals surface area (Å²) < 4.78 is 30.2. The third-order valence-corrected chi connectivity index (χ3v) is 6.79. The van der Waals surface area contributed by atoms with Gasteiger partial charge in [0.1, 0.15) is 17.2 Å². The number of carbonyl (C=O) groups excluding carboxylic acids is 3. The Balaban J connectivity index is 0.000000702. The summed E-state index contributed by atoms with van der Waals surface area (Å²) in [6.45, 7) is 6.10. The Morgan fingerprint density at radius 1 is 0.380 bits per heavy atom. The van der Waals surface area contributed by atoms with E-state index in [1.54, 1.807) is 0 Å². The van der Waals surface area contributed by atoms with Gasteiger partial charge in [-0.2, -0.15) is 0 Å². The van der Waals surface area contributed by atoms with Crippen molar-refractivity contribution in [3.05, 3.63) is 91.0 Å². The standard InChI is InChI=1S/3C13H18O3.C2H6/c3*1-15-13(14)10-6-3-7-11-16-12-8-4-2-5-9-12;1-2/h3*2,4-5,8-9H,3,6-7,10-11H2,1H3;1-2H3. The second-order valence-electron chi connectivity index (χ2n) is 10.6. The Bertz CT molecular complexity index is 1040. The van der Waals surface area contributed by atoms with Crippen LogP contribution < -0.4 is 14.2 Å². The van der Waals surface area contributed by atoms with Gasteiger partial charge in [0.2, 0.25) is 0 Å². The highest BCUT2D eigenvalue weighted by atomic mass is 16.5. The zero-order valence-electron chi connectivity index (χ0n) is 30.9. The van der Waals surface area contributed by atoms with Gasteiger partial charge in [-0.25, -0.2) is 0 Å². The van der Waals surface area contributed by atoms with Crippen molar-refractivity contribution < 1.29 is 42.8 Å². The summed E-state index contributed by atoms with van der Waals surface area (Å²) in [4.78, 5) is 32.4. The fourth-order valence-corrected chi connectivity index (χ4v) is 4.07. The number of methoxy groups -OCH3 is 3. The summed E-state index contributed by atoms with van der Waals surface area (Å²) >= 11 is 0. The van der Waals surface area contributed by atoms with Crippen LogP contribution in [0.4, 0.5) is 0 Å². The molecular weight excluding hydrogens is 636 g/mol. The number of unbranched alkanes of at least 4 members (excludes halogenated alkanes) is 6. The van der Waals surface area contributed by atoms with Crippen LogP contribution in [0.3, 0.4) is 0 Å². The molecule has 9 heteroatoms. The quantitative estimate of drug-likeness (QED) is 0.0612. The van der Waals surface area contributed by atoms with E-state index in [9.17, 15) is 14.4 Å². The highest BCUT2D eigenvalue weighted by molar-refractivity contribution is 5.69. The Kier molecular flexibility index (Phi) is 31.2. The molecule has 9 nitrogen and oxygen atoms in total. The number of benzene rings is 3. The lowest BCUT2D eigenvalue weighted by atomic mass is 10.2. The van der Waals surface area contributed by atoms with Gasteiger partial charge in [-0.3, -0.25) is 14.4 Å². The molecule has 0 aliphatic carbocycles. The van der Waals surface area contributed by atoms with Crippen LogP contribution in [-0.2, 0) is 28.6 Å². The molecule has 0 fully saturated rings. The maximum Gasteiger partial charge on any atom is 0.305 e. The number of rotatable bonds is 21. The summed E-state index contributed by atoms with van der Waals surface area (Å²) in [5, 5.41) is 0. The third-order valence-electron chi connectivity index (χ3n) is 6.79. The van der Waals surface area contributed by atoms with Gasteiger partial charge >= 0.3 is 17.9 Å². The Labute approximate surface area is 300 Å². The first-order valence-electron chi connectivity index (χ1n) is 17.7. The van der Waals surface area contributed by atoms with Crippen LogP contribution in [0, 0.1) is 0 Å². The fraction of sp³-hybridized carbons (Fsp3) is 0.488. The van der Waals surface area contributed by atoms with Crippen molar-refractivity contribution >= 4 is 17.9 Å². The minimum absolute atomic E-state index is 0.135. The van der Waals surface area contributed by atoms with Crippen LogP contribution in [-0.4, -0.2) is 59.1 Å². The van der Waals surface area contributed by atoms with E-state index in [1.165, 1.54) is 21.3 Å². The van der Waals surface area contributed by atoms with Gasteiger partial charge < -0.3 is 28.4 Å². The van der Waals surface area contributed by atoms with Crippen molar-refractivity contribution in [2.24, 2.45) is 0 Å². The number of ether oxygens (including phenoxy) is 6. The van der Waals surface area contributed by atoms with E-state index in [0.717, 1.165) is 75.0 Å². The van der Waals surface area contributed by atoms with Gasteiger partial charge in [-0.15, -0.1) is 0 Å². The van der Waals surface area contributed by atoms with Gasteiger partial charge in [0, 0.05) is 19.3 Å². The van der Waals surface area contributed by atoms with Gasteiger partial charge in [0.25, 0.3) is 0 Å². The molecule has 278 valence electrons. The smallest absolute Gasteiger partial charge is 0.305 e. The van der Waals surface area contributed by atoms with E-state index in [2.05, 4.69) is 14.2 Å². The first-order chi connectivity index (χ1) is 24.5. The highest BCUT2D eigenvalue weighted by Crippen LogP contribution is 2.12. The summed E-state index contributed by atoms with van der Waals surface area (Å²) in [6, 6.07) is 29.2. The van der Waals surface area contributed by atoms with E-state index < -0.39 is 0 Å². The molecule has 0 amide bonds. The van der Waals surface area contributed by atoms with Crippen molar-refractivity contribution in [1.82, 2.24) is 0 Å². The minimum Gasteiger partial charge on any atom is -0.494 e. The predicted molar refractivity (Wildman–Crippen MR) is 199 cm³/mol. The number of esters is 3. The van der Waals surface area contributed by atoms with Gasteiger partial charge in [-0.1, -0.05) is 68.4 Å². The molecule has 0 N–H and O–H groups in total. The molecule has 0 aliphatic rings. The maximum atomic E-state index is 10.8. The van der Waals surface area contributed by atoms with Crippen molar-refractivity contribution in [2.75, 3.05) is 41.2 Å². The molecule has 0 heterocycles. The van der Waals surface area contributed by atoms with Gasteiger partial charge in [0.15, 0.2) is 0 Å². The Morgan fingerprint density at radius 2 is 0.620 bits per heavy atom. The molecule has 0 radical (unpaired) electrons. The lowest BCUT2D eigenvalue weighted by Crippen LogP contribution is -2.01. The lowest BCUT2D eigenvalue weighted by Gasteiger charge is -2.05. The van der Waals surface area contributed by atoms with Crippen molar-refractivity contribution in [3.8, 4) is 17.2 Å². The average molecular weight is 697 g/mol. The van der Waals surface area contributed by atoms with Crippen molar-refractivity contribution in [2.45, 2.75) is 90.9 Å². The summed E-state index contributed by atoms with van der Waals surface area (Å²) in [7, 11) is 4.25. The van der Waals surface area contributed by atoms with Gasteiger partial charge in [-0.05, 0) is 94.2 Å². The van der Waals surface area contributed by atoms with Crippen molar-refractivity contribution in [3.63, 3.8) is 0 Å². The number of hydrogen-bond acceptors (Lipinski definition) is 9. The van der Waals surface area contributed by atoms with Crippen LogP contribution in [0.2, 0.25) is 0 Å². The van der Waals surface area contributed by atoms with E-state index in [1.807, 2.05) is 105 Å². The molecular formula is C41H60O9. The topological polar surface area (TPSA) is 107 Å². The van der Waals surface area contributed by atoms with Crippen LogP contribution in [0.25, 0.3) is 0 Å².